The van der Waals surface area contributed by atoms with E-state index in [0.717, 1.165) is 12.1 Å². The van der Waals surface area contributed by atoms with Crippen molar-refractivity contribution in [2.75, 3.05) is 13.7 Å². The summed E-state index contributed by atoms with van der Waals surface area (Å²) in [6, 6.07) is 2.06. The molecule has 0 aliphatic rings. The monoisotopic (exact) mass is 354 g/mol. The molecular formula is C11H12BrFO5S. The van der Waals surface area contributed by atoms with Gasteiger partial charge in [-0.1, -0.05) is 15.9 Å². The molecular weight excluding hydrogens is 343 g/mol. The Hall–Kier alpha value is -0.990. The molecule has 1 aromatic rings. The summed E-state index contributed by atoms with van der Waals surface area (Å²) in [5.41, 5.74) is -0.697. The maximum absolute atomic E-state index is 14.0. The van der Waals surface area contributed by atoms with E-state index in [0.29, 0.717) is 0 Å². The van der Waals surface area contributed by atoms with E-state index >= 15 is 0 Å². The third-order valence-electron chi connectivity index (χ3n) is 2.47. The zero-order valence-corrected chi connectivity index (χ0v) is 12.6. The first-order chi connectivity index (χ1) is 8.71. The highest BCUT2D eigenvalue weighted by Crippen LogP contribution is 2.27. The zero-order valence-electron chi connectivity index (χ0n) is 10.2. The van der Waals surface area contributed by atoms with Gasteiger partial charge in [-0.25, -0.2) is 17.6 Å². The van der Waals surface area contributed by atoms with Crippen molar-refractivity contribution < 1.29 is 27.4 Å². The number of carboxylic acid groups (broad SMARTS) is 1. The van der Waals surface area contributed by atoms with Crippen molar-refractivity contribution in [2.45, 2.75) is 17.1 Å². The summed E-state index contributed by atoms with van der Waals surface area (Å²) >= 11 is 2.97. The number of hydrogen-bond acceptors (Lipinski definition) is 4. The highest BCUT2D eigenvalue weighted by Gasteiger charge is 2.29. The van der Waals surface area contributed by atoms with Gasteiger partial charge >= 0.3 is 5.97 Å². The molecule has 0 heterocycles. The molecule has 1 unspecified atom stereocenters. The van der Waals surface area contributed by atoms with Crippen molar-refractivity contribution in [1.82, 2.24) is 0 Å². The minimum Gasteiger partial charge on any atom is -0.478 e. The van der Waals surface area contributed by atoms with Gasteiger partial charge in [-0.05, 0) is 19.1 Å². The van der Waals surface area contributed by atoms with Crippen molar-refractivity contribution in [1.29, 1.82) is 0 Å². The van der Waals surface area contributed by atoms with Gasteiger partial charge in [0.25, 0.3) is 0 Å². The van der Waals surface area contributed by atoms with Gasteiger partial charge in [0, 0.05) is 11.6 Å². The number of rotatable bonds is 5. The average Bonchev–Trinajstić information content (AvgIpc) is 2.31. The standard InChI is InChI=1S/C11H12BrFO5S/c1-6(5-18-2)19(16,17)9-4-7(12)3-8(10(9)13)11(14)15/h3-4,6H,5H2,1-2H3,(H,14,15). The number of benzene rings is 1. The molecule has 0 fully saturated rings. The van der Waals surface area contributed by atoms with E-state index in [1.165, 1.54) is 14.0 Å². The van der Waals surface area contributed by atoms with Crippen LogP contribution in [0.2, 0.25) is 0 Å². The van der Waals surface area contributed by atoms with E-state index in [4.69, 9.17) is 9.84 Å². The first-order valence-corrected chi connectivity index (χ1v) is 7.51. The summed E-state index contributed by atoms with van der Waals surface area (Å²) in [6.45, 7) is 1.25. The predicted octanol–water partition coefficient (Wildman–Crippen LogP) is 2.10. The zero-order chi connectivity index (χ0) is 14.8. The van der Waals surface area contributed by atoms with Crippen molar-refractivity contribution >= 4 is 31.7 Å². The summed E-state index contributed by atoms with van der Waals surface area (Å²) in [7, 11) is -2.68. The van der Waals surface area contributed by atoms with Crippen LogP contribution in [-0.4, -0.2) is 38.5 Å². The van der Waals surface area contributed by atoms with Crippen LogP contribution < -0.4 is 0 Å². The fourth-order valence-corrected chi connectivity index (χ4v) is 3.48. The number of ether oxygens (including phenoxy) is 1. The first kappa shape index (κ1) is 16.1. The van der Waals surface area contributed by atoms with Crippen LogP contribution in [0.25, 0.3) is 0 Å². The van der Waals surface area contributed by atoms with E-state index in [1.54, 1.807) is 0 Å². The van der Waals surface area contributed by atoms with Crippen molar-refractivity contribution in [3.05, 3.63) is 28.0 Å². The molecule has 0 radical (unpaired) electrons. The Morgan fingerprint density at radius 3 is 2.58 bits per heavy atom. The molecule has 1 N–H and O–H groups in total. The lowest BCUT2D eigenvalue weighted by atomic mass is 10.2. The largest absolute Gasteiger partial charge is 0.478 e. The summed E-state index contributed by atoms with van der Waals surface area (Å²) in [5, 5.41) is 7.86. The molecule has 19 heavy (non-hydrogen) atoms. The smallest absolute Gasteiger partial charge is 0.338 e. The number of hydrogen-bond donors (Lipinski definition) is 1. The Bertz CT molecular complexity index is 599. The van der Waals surface area contributed by atoms with Gasteiger partial charge in [0.15, 0.2) is 15.7 Å². The molecule has 0 saturated heterocycles. The van der Waals surface area contributed by atoms with Crippen molar-refractivity contribution in [3.8, 4) is 0 Å². The van der Waals surface area contributed by atoms with Crippen LogP contribution in [0.15, 0.2) is 21.5 Å². The van der Waals surface area contributed by atoms with Gasteiger partial charge in [-0.2, -0.15) is 0 Å². The lowest BCUT2D eigenvalue weighted by Crippen LogP contribution is -2.24. The van der Waals surface area contributed by atoms with Crippen LogP contribution in [0.1, 0.15) is 17.3 Å². The lowest BCUT2D eigenvalue weighted by molar-refractivity contribution is 0.0691. The SMILES string of the molecule is COCC(C)S(=O)(=O)c1cc(Br)cc(C(=O)O)c1F. The number of methoxy groups -OCH3 is 1. The van der Waals surface area contributed by atoms with Crippen molar-refractivity contribution in [3.63, 3.8) is 0 Å². The molecule has 1 atom stereocenters. The van der Waals surface area contributed by atoms with E-state index in [1.807, 2.05) is 0 Å². The Morgan fingerprint density at radius 2 is 2.11 bits per heavy atom. The Balaban J connectivity index is 3.47. The number of halogens is 2. The molecule has 0 amide bonds. The minimum atomic E-state index is -4.00. The van der Waals surface area contributed by atoms with Crippen LogP contribution in [0, 0.1) is 5.82 Å². The minimum absolute atomic E-state index is 0.114. The van der Waals surface area contributed by atoms with Gasteiger partial charge in [-0.3, -0.25) is 0 Å². The molecule has 0 aromatic heterocycles. The second-order valence-corrected chi connectivity index (χ2v) is 7.13. The number of aromatic carboxylic acids is 1. The van der Waals surface area contributed by atoms with Gasteiger partial charge in [-0.15, -0.1) is 0 Å². The highest BCUT2D eigenvalue weighted by molar-refractivity contribution is 9.10. The fourth-order valence-electron chi connectivity index (χ4n) is 1.47. The van der Waals surface area contributed by atoms with Crippen LogP contribution in [0.3, 0.4) is 0 Å². The maximum Gasteiger partial charge on any atom is 0.338 e. The third-order valence-corrected chi connectivity index (χ3v) is 5.04. The van der Waals surface area contributed by atoms with E-state index in [9.17, 15) is 17.6 Å². The maximum atomic E-state index is 14.0. The Morgan fingerprint density at radius 1 is 1.53 bits per heavy atom. The second-order valence-electron chi connectivity index (χ2n) is 3.88. The number of sulfone groups is 1. The summed E-state index contributed by atoms with van der Waals surface area (Å²) < 4.78 is 43.2. The molecule has 8 heteroatoms. The molecule has 0 spiro atoms. The first-order valence-electron chi connectivity index (χ1n) is 5.17. The molecule has 0 bridgehead atoms. The van der Waals surface area contributed by atoms with Crippen LogP contribution in [0.4, 0.5) is 4.39 Å². The molecule has 0 aliphatic carbocycles. The van der Waals surface area contributed by atoms with Crippen molar-refractivity contribution in [2.24, 2.45) is 0 Å². The van der Waals surface area contributed by atoms with Gasteiger partial charge in [0.1, 0.15) is 4.90 Å². The summed E-state index contributed by atoms with van der Waals surface area (Å²) in [5.74, 6) is -2.80. The molecule has 0 aliphatic heterocycles. The normalized spacial score (nSPS) is 13.3. The molecule has 1 aromatic carbocycles. The third kappa shape index (κ3) is 3.31. The number of carbonyl (C=O) groups is 1. The molecule has 1 rings (SSSR count). The van der Waals surface area contributed by atoms with Gasteiger partial charge in [0.2, 0.25) is 0 Å². The number of carboxylic acids is 1. The lowest BCUT2D eigenvalue weighted by Gasteiger charge is -2.14. The summed E-state index contributed by atoms with van der Waals surface area (Å²) in [4.78, 5) is 10.2. The quantitative estimate of drug-likeness (QED) is 0.875. The average molecular weight is 355 g/mol. The van der Waals surface area contributed by atoms with E-state index in [2.05, 4.69) is 15.9 Å². The fraction of sp³-hybridized carbons (Fsp3) is 0.364. The van der Waals surface area contributed by atoms with Crippen LogP contribution in [-0.2, 0) is 14.6 Å². The van der Waals surface area contributed by atoms with Crippen LogP contribution >= 0.6 is 15.9 Å². The van der Waals surface area contributed by atoms with Gasteiger partial charge < -0.3 is 9.84 Å². The molecule has 106 valence electrons. The van der Waals surface area contributed by atoms with E-state index in [-0.39, 0.29) is 11.1 Å². The predicted molar refractivity (Wildman–Crippen MR) is 69.6 cm³/mol. The highest BCUT2D eigenvalue weighted by atomic mass is 79.9. The Labute approximate surface area is 118 Å². The molecule has 5 nitrogen and oxygen atoms in total. The topological polar surface area (TPSA) is 80.7 Å². The van der Waals surface area contributed by atoms with E-state index < -0.39 is 37.3 Å². The second kappa shape index (κ2) is 5.98. The summed E-state index contributed by atoms with van der Waals surface area (Å²) in [6.07, 6.45) is 0. The Kier molecular flexibility index (Phi) is 5.05. The van der Waals surface area contributed by atoms with Crippen LogP contribution in [0.5, 0.6) is 0 Å². The van der Waals surface area contributed by atoms with Gasteiger partial charge in [0.05, 0.1) is 17.4 Å². The molecule has 0 saturated carbocycles.